The highest BCUT2D eigenvalue weighted by atomic mass is 16.4. The second-order valence-electron chi connectivity index (χ2n) is 5.44. The minimum atomic E-state index is -0.326. The van der Waals surface area contributed by atoms with E-state index in [1.807, 2.05) is 25.2 Å². The van der Waals surface area contributed by atoms with Gasteiger partial charge in [0.15, 0.2) is 5.58 Å². The molecule has 0 saturated heterocycles. The number of rotatable bonds is 4. The van der Waals surface area contributed by atoms with E-state index in [1.54, 1.807) is 7.05 Å². The van der Waals surface area contributed by atoms with E-state index in [-0.39, 0.29) is 17.2 Å². The van der Waals surface area contributed by atoms with Crippen LogP contribution in [0.3, 0.4) is 0 Å². The molecule has 1 aliphatic rings. The predicted octanol–water partition coefficient (Wildman–Crippen LogP) is 1.13. The predicted molar refractivity (Wildman–Crippen MR) is 74.0 cm³/mol. The summed E-state index contributed by atoms with van der Waals surface area (Å²) < 4.78 is 6.77. The molecule has 3 N–H and O–H groups in total. The summed E-state index contributed by atoms with van der Waals surface area (Å²) in [5, 5.41) is 3.35. The fourth-order valence-electron chi connectivity index (χ4n) is 2.93. The maximum atomic E-state index is 11.5. The third-order valence-corrected chi connectivity index (χ3v) is 4.35. The number of hydrogen-bond acceptors (Lipinski definition) is 4. The van der Waals surface area contributed by atoms with Gasteiger partial charge in [-0.3, -0.25) is 4.57 Å². The Labute approximate surface area is 111 Å². The molecule has 3 rings (SSSR count). The van der Waals surface area contributed by atoms with Gasteiger partial charge in [0, 0.05) is 18.5 Å². The summed E-state index contributed by atoms with van der Waals surface area (Å²) in [5.41, 5.74) is 8.66. The normalized spacial score (nSPS) is 18.7. The van der Waals surface area contributed by atoms with Crippen LogP contribution in [0, 0.1) is 5.41 Å². The molecule has 2 aromatic rings. The van der Waals surface area contributed by atoms with Gasteiger partial charge in [-0.1, -0.05) is 6.07 Å². The van der Waals surface area contributed by atoms with Gasteiger partial charge in [-0.05, 0) is 44.1 Å². The van der Waals surface area contributed by atoms with Crippen molar-refractivity contribution >= 4 is 11.1 Å². The molecule has 1 aliphatic carbocycles. The monoisotopic (exact) mass is 261 g/mol. The molecule has 0 aliphatic heterocycles. The van der Waals surface area contributed by atoms with Gasteiger partial charge in [0.05, 0.1) is 5.52 Å². The largest absolute Gasteiger partial charge is 0.419 e. The van der Waals surface area contributed by atoms with Crippen LogP contribution >= 0.6 is 0 Å². The number of aromatic nitrogens is 1. The SMILES string of the molecule is CNC(c1ccc2c(c1)oc(=O)n2C)C1(CN)CC1. The topological polar surface area (TPSA) is 73.2 Å². The first-order valence-electron chi connectivity index (χ1n) is 6.58. The summed E-state index contributed by atoms with van der Waals surface area (Å²) in [6.07, 6.45) is 2.29. The quantitative estimate of drug-likeness (QED) is 0.865. The Morgan fingerprint density at radius 3 is 2.84 bits per heavy atom. The fourth-order valence-corrected chi connectivity index (χ4v) is 2.93. The standard InChI is InChI=1S/C14H19N3O2/c1-16-12(14(8-15)5-6-14)9-3-4-10-11(7-9)19-13(18)17(10)2/h3-4,7,12,16H,5-6,8,15H2,1-2H3. The number of fused-ring (bicyclic) bond motifs is 1. The average molecular weight is 261 g/mol. The zero-order valence-corrected chi connectivity index (χ0v) is 11.3. The van der Waals surface area contributed by atoms with Crippen LogP contribution in [-0.2, 0) is 7.05 Å². The molecule has 0 bridgehead atoms. The number of oxazole rings is 1. The third kappa shape index (κ3) is 1.81. The molecule has 5 heteroatoms. The Kier molecular flexibility index (Phi) is 2.76. The third-order valence-electron chi connectivity index (χ3n) is 4.35. The zero-order chi connectivity index (χ0) is 13.6. The van der Waals surface area contributed by atoms with Gasteiger partial charge in [-0.15, -0.1) is 0 Å². The number of nitrogens with one attached hydrogen (secondary N) is 1. The van der Waals surface area contributed by atoms with Crippen LogP contribution in [0.5, 0.6) is 0 Å². The minimum Gasteiger partial charge on any atom is -0.408 e. The van der Waals surface area contributed by atoms with Crippen molar-refractivity contribution in [1.29, 1.82) is 0 Å². The molecule has 1 saturated carbocycles. The molecule has 0 spiro atoms. The highest BCUT2D eigenvalue weighted by Crippen LogP contribution is 2.54. The van der Waals surface area contributed by atoms with E-state index in [4.69, 9.17) is 10.2 Å². The number of hydrogen-bond donors (Lipinski definition) is 2. The van der Waals surface area contributed by atoms with Gasteiger partial charge in [-0.25, -0.2) is 4.79 Å². The van der Waals surface area contributed by atoms with Crippen LogP contribution in [0.4, 0.5) is 0 Å². The van der Waals surface area contributed by atoms with Crippen LogP contribution in [0.15, 0.2) is 27.4 Å². The van der Waals surface area contributed by atoms with E-state index in [9.17, 15) is 4.79 Å². The highest BCUT2D eigenvalue weighted by Gasteiger charge is 2.48. The van der Waals surface area contributed by atoms with Crippen molar-refractivity contribution < 1.29 is 4.42 Å². The number of aryl methyl sites for hydroxylation is 1. The fraction of sp³-hybridized carbons (Fsp3) is 0.500. The summed E-state index contributed by atoms with van der Waals surface area (Å²) in [4.78, 5) is 11.5. The van der Waals surface area contributed by atoms with Crippen molar-refractivity contribution in [2.75, 3.05) is 13.6 Å². The van der Waals surface area contributed by atoms with Gasteiger partial charge in [0.1, 0.15) is 0 Å². The van der Waals surface area contributed by atoms with Crippen molar-refractivity contribution in [2.24, 2.45) is 18.2 Å². The molecule has 19 heavy (non-hydrogen) atoms. The van der Waals surface area contributed by atoms with Crippen molar-refractivity contribution in [1.82, 2.24) is 9.88 Å². The van der Waals surface area contributed by atoms with E-state index in [0.29, 0.717) is 12.1 Å². The average Bonchev–Trinajstić information content (AvgIpc) is 3.14. The molecular weight excluding hydrogens is 242 g/mol. The minimum absolute atomic E-state index is 0.164. The first-order chi connectivity index (χ1) is 9.11. The Bertz CT molecular complexity index is 667. The van der Waals surface area contributed by atoms with Gasteiger partial charge >= 0.3 is 5.76 Å². The van der Waals surface area contributed by atoms with Crippen molar-refractivity contribution in [3.63, 3.8) is 0 Å². The van der Waals surface area contributed by atoms with Gasteiger partial charge in [0.25, 0.3) is 0 Å². The lowest BCUT2D eigenvalue weighted by molar-refractivity contribution is 0.366. The van der Waals surface area contributed by atoms with E-state index in [0.717, 1.165) is 23.9 Å². The lowest BCUT2D eigenvalue weighted by Gasteiger charge is -2.25. The first-order valence-corrected chi connectivity index (χ1v) is 6.58. The van der Waals surface area contributed by atoms with Crippen molar-refractivity contribution in [3.05, 3.63) is 34.3 Å². The maximum Gasteiger partial charge on any atom is 0.419 e. The molecule has 1 atom stereocenters. The molecule has 102 valence electrons. The number of nitrogens with two attached hydrogens (primary N) is 1. The highest BCUT2D eigenvalue weighted by molar-refractivity contribution is 5.73. The first kappa shape index (κ1) is 12.4. The van der Waals surface area contributed by atoms with Crippen LogP contribution < -0.4 is 16.8 Å². The van der Waals surface area contributed by atoms with Gasteiger partial charge in [-0.2, -0.15) is 0 Å². The molecule has 1 aromatic heterocycles. The molecular formula is C14H19N3O2. The zero-order valence-electron chi connectivity index (χ0n) is 11.3. The van der Waals surface area contributed by atoms with Crippen LogP contribution in [0.25, 0.3) is 11.1 Å². The van der Waals surface area contributed by atoms with Gasteiger partial charge in [0.2, 0.25) is 0 Å². The Balaban J connectivity index is 2.07. The lowest BCUT2D eigenvalue weighted by atomic mass is 9.90. The smallest absolute Gasteiger partial charge is 0.408 e. The summed E-state index contributed by atoms with van der Waals surface area (Å²) in [5.74, 6) is -0.326. The van der Waals surface area contributed by atoms with Crippen molar-refractivity contribution in [3.8, 4) is 0 Å². The molecule has 1 aromatic carbocycles. The van der Waals surface area contributed by atoms with Crippen LogP contribution in [0.2, 0.25) is 0 Å². The van der Waals surface area contributed by atoms with Crippen LogP contribution in [-0.4, -0.2) is 18.2 Å². The summed E-state index contributed by atoms with van der Waals surface area (Å²) in [6, 6.07) is 6.15. The Morgan fingerprint density at radius 1 is 1.53 bits per heavy atom. The number of nitrogens with zero attached hydrogens (tertiary/aromatic N) is 1. The molecule has 1 unspecified atom stereocenters. The second-order valence-corrected chi connectivity index (χ2v) is 5.44. The summed E-state index contributed by atoms with van der Waals surface area (Å²) in [6.45, 7) is 0.676. The van der Waals surface area contributed by atoms with E-state index < -0.39 is 0 Å². The Morgan fingerprint density at radius 2 is 2.26 bits per heavy atom. The maximum absolute atomic E-state index is 11.5. The molecule has 0 radical (unpaired) electrons. The summed E-state index contributed by atoms with van der Waals surface area (Å²) >= 11 is 0. The molecule has 5 nitrogen and oxygen atoms in total. The molecule has 0 amide bonds. The van der Waals surface area contributed by atoms with Crippen LogP contribution in [0.1, 0.15) is 24.4 Å². The molecule has 1 heterocycles. The summed E-state index contributed by atoms with van der Waals surface area (Å²) in [7, 11) is 3.66. The van der Waals surface area contributed by atoms with E-state index in [2.05, 4.69) is 5.32 Å². The number of benzene rings is 1. The van der Waals surface area contributed by atoms with Crippen molar-refractivity contribution in [2.45, 2.75) is 18.9 Å². The Hall–Kier alpha value is -1.59. The van der Waals surface area contributed by atoms with E-state index in [1.165, 1.54) is 4.57 Å². The van der Waals surface area contributed by atoms with Gasteiger partial charge < -0.3 is 15.5 Å². The van der Waals surface area contributed by atoms with E-state index >= 15 is 0 Å². The second kappa shape index (κ2) is 4.21. The lowest BCUT2D eigenvalue weighted by Crippen LogP contribution is -2.32. The molecule has 1 fully saturated rings.